The molecule has 0 saturated carbocycles. The van der Waals surface area contributed by atoms with E-state index in [0.717, 1.165) is 17.0 Å². The largest absolute Gasteiger partial charge is 0.433 e. The lowest BCUT2D eigenvalue weighted by atomic mass is 10.3. The first-order valence-corrected chi connectivity index (χ1v) is 6.56. The zero-order valence-corrected chi connectivity index (χ0v) is 11.9. The highest BCUT2D eigenvalue weighted by molar-refractivity contribution is 5.90. The second-order valence-corrected chi connectivity index (χ2v) is 4.68. The number of hydrogen-bond donors (Lipinski definition) is 1. The van der Waals surface area contributed by atoms with Crippen molar-refractivity contribution in [1.29, 1.82) is 0 Å². The van der Waals surface area contributed by atoms with Crippen LogP contribution < -0.4 is 5.73 Å². The molecule has 10 heteroatoms. The Labute approximate surface area is 133 Å². The van der Waals surface area contributed by atoms with Crippen molar-refractivity contribution < 1.29 is 18.0 Å². The molecular formula is C14H9F3N6O. The molecule has 0 spiro atoms. The fourth-order valence-corrected chi connectivity index (χ4v) is 1.90. The van der Waals surface area contributed by atoms with E-state index in [1.165, 1.54) is 18.5 Å². The van der Waals surface area contributed by atoms with E-state index < -0.39 is 17.8 Å². The summed E-state index contributed by atoms with van der Waals surface area (Å²) in [6.45, 7) is 0. The summed E-state index contributed by atoms with van der Waals surface area (Å²) in [7, 11) is 0. The zero-order chi connectivity index (χ0) is 17.3. The van der Waals surface area contributed by atoms with Crippen molar-refractivity contribution in [3.05, 3.63) is 54.4 Å². The van der Waals surface area contributed by atoms with Gasteiger partial charge in [0.1, 0.15) is 23.5 Å². The number of aromatic nitrogens is 5. The molecule has 3 aromatic rings. The predicted molar refractivity (Wildman–Crippen MR) is 75.9 cm³/mol. The molecule has 0 unspecified atom stereocenters. The first-order valence-electron chi connectivity index (χ1n) is 6.56. The van der Waals surface area contributed by atoms with E-state index in [2.05, 4.69) is 19.9 Å². The van der Waals surface area contributed by atoms with E-state index in [0.29, 0.717) is 0 Å². The molecule has 3 rings (SSSR count). The average Bonchev–Trinajstić information content (AvgIpc) is 3.05. The van der Waals surface area contributed by atoms with Gasteiger partial charge < -0.3 is 5.73 Å². The molecule has 0 atom stereocenters. The topological polar surface area (TPSA) is 99.6 Å². The van der Waals surface area contributed by atoms with E-state index in [4.69, 9.17) is 5.73 Å². The highest BCUT2D eigenvalue weighted by atomic mass is 19.4. The third-order valence-electron chi connectivity index (χ3n) is 3.00. The van der Waals surface area contributed by atoms with Crippen LogP contribution in [0, 0.1) is 0 Å². The molecule has 3 heterocycles. The summed E-state index contributed by atoms with van der Waals surface area (Å²) in [6.07, 6.45) is -0.923. The quantitative estimate of drug-likeness (QED) is 0.788. The predicted octanol–water partition coefficient (Wildman–Crippen LogP) is 1.84. The number of rotatable bonds is 3. The van der Waals surface area contributed by atoms with Crippen molar-refractivity contribution in [2.75, 3.05) is 0 Å². The third-order valence-corrected chi connectivity index (χ3v) is 3.00. The Bertz CT molecular complexity index is 891. The summed E-state index contributed by atoms with van der Waals surface area (Å²) in [5, 5.41) is 0. The lowest BCUT2D eigenvalue weighted by Gasteiger charge is -2.10. The molecule has 0 bridgehead atoms. The minimum absolute atomic E-state index is 0.0958. The van der Waals surface area contributed by atoms with E-state index in [1.807, 2.05) is 0 Å². The van der Waals surface area contributed by atoms with Crippen molar-refractivity contribution in [1.82, 2.24) is 24.5 Å². The molecule has 2 N–H and O–H groups in total. The van der Waals surface area contributed by atoms with Crippen molar-refractivity contribution in [2.24, 2.45) is 5.73 Å². The Morgan fingerprint density at radius 1 is 1.17 bits per heavy atom. The van der Waals surface area contributed by atoms with Crippen LogP contribution in [0.3, 0.4) is 0 Å². The molecular weight excluding hydrogens is 325 g/mol. The van der Waals surface area contributed by atoms with Crippen LogP contribution in [-0.4, -0.2) is 30.4 Å². The number of halogens is 3. The van der Waals surface area contributed by atoms with Crippen LogP contribution in [0.15, 0.2) is 43.0 Å². The van der Waals surface area contributed by atoms with Crippen LogP contribution in [0.5, 0.6) is 0 Å². The molecule has 0 aliphatic carbocycles. The van der Waals surface area contributed by atoms with E-state index in [1.54, 1.807) is 12.1 Å². The van der Waals surface area contributed by atoms with Crippen molar-refractivity contribution in [3.63, 3.8) is 0 Å². The molecule has 0 aliphatic heterocycles. The van der Waals surface area contributed by atoms with Gasteiger partial charge in [-0.2, -0.15) is 13.2 Å². The number of amides is 1. The molecule has 24 heavy (non-hydrogen) atoms. The first-order chi connectivity index (χ1) is 11.3. The molecule has 1 amide bonds. The maximum absolute atomic E-state index is 13.1. The fraction of sp³-hybridized carbons (Fsp3) is 0.0714. The maximum atomic E-state index is 13.1. The zero-order valence-electron chi connectivity index (χ0n) is 11.9. The Kier molecular flexibility index (Phi) is 3.72. The number of carbonyl (C=O) groups excluding carboxylic acids is 1. The van der Waals surface area contributed by atoms with Gasteiger partial charge >= 0.3 is 6.18 Å². The molecule has 0 fully saturated rings. The van der Waals surface area contributed by atoms with Crippen molar-refractivity contribution >= 4 is 5.91 Å². The van der Waals surface area contributed by atoms with Gasteiger partial charge in [-0.15, -0.1) is 0 Å². The van der Waals surface area contributed by atoms with Crippen molar-refractivity contribution in [2.45, 2.75) is 6.18 Å². The van der Waals surface area contributed by atoms with Gasteiger partial charge in [0.15, 0.2) is 11.5 Å². The monoisotopic (exact) mass is 334 g/mol. The summed E-state index contributed by atoms with van der Waals surface area (Å²) >= 11 is 0. The van der Waals surface area contributed by atoms with Gasteiger partial charge in [0.05, 0.1) is 0 Å². The van der Waals surface area contributed by atoms with Crippen LogP contribution in [0.1, 0.15) is 16.2 Å². The van der Waals surface area contributed by atoms with Gasteiger partial charge in [0, 0.05) is 18.5 Å². The van der Waals surface area contributed by atoms with Crippen LogP contribution >= 0.6 is 0 Å². The van der Waals surface area contributed by atoms with Crippen LogP contribution in [0.4, 0.5) is 13.2 Å². The van der Waals surface area contributed by atoms with Crippen molar-refractivity contribution in [3.8, 4) is 17.3 Å². The Morgan fingerprint density at radius 2 is 1.96 bits per heavy atom. The molecule has 0 aromatic carbocycles. The number of carbonyl (C=O) groups is 1. The SMILES string of the molecule is NC(=O)c1cn(-c2cc(C(F)(F)F)nc(-c3ccccn3)n2)cn1. The average molecular weight is 334 g/mol. The lowest BCUT2D eigenvalue weighted by molar-refractivity contribution is -0.141. The second kappa shape index (κ2) is 5.72. The Morgan fingerprint density at radius 3 is 2.54 bits per heavy atom. The molecule has 0 radical (unpaired) electrons. The van der Waals surface area contributed by atoms with Gasteiger partial charge in [0.2, 0.25) is 0 Å². The van der Waals surface area contributed by atoms with E-state index in [-0.39, 0.29) is 23.0 Å². The minimum Gasteiger partial charge on any atom is -0.364 e. The highest BCUT2D eigenvalue weighted by Gasteiger charge is 2.34. The first kappa shape index (κ1) is 15.6. The number of primary amides is 1. The highest BCUT2D eigenvalue weighted by Crippen LogP contribution is 2.30. The molecule has 0 saturated heterocycles. The summed E-state index contributed by atoms with van der Waals surface area (Å²) in [5.74, 6) is -1.11. The number of nitrogens with zero attached hydrogens (tertiary/aromatic N) is 5. The van der Waals surface area contributed by atoms with Crippen LogP contribution in [0.2, 0.25) is 0 Å². The number of nitrogens with two attached hydrogens (primary N) is 1. The summed E-state index contributed by atoms with van der Waals surface area (Å²) in [4.78, 5) is 26.3. The minimum atomic E-state index is -4.67. The molecule has 3 aromatic heterocycles. The molecule has 122 valence electrons. The standard InChI is InChI=1S/C14H9F3N6O/c15-14(16,17)10-5-11(23-6-9(12(18)24)20-7-23)22-13(21-10)8-3-1-2-4-19-8/h1-7H,(H2,18,24). The molecule has 0 aliphatic rings. The maximum Gasteiger partial charge on any atom is 0.433 e. The number of pyridine rings is 1. The normalized spacial score (nSPS) is 11.5. The van der Waals surface area contributed by atoms with Gasteiger partial charge in [0.25, 0.3) is 5.91 Å². The van der Waals surface area contributed by atoms with E-state index >= 15 is 0 Å². The number of imidazole rings is 1. The summed E-state index contributed by atoms with van der Waals surface area (Å²) < 4.78 is 40.5. The number of hydrogen-bond acceptors (Lipinski definition) is 5. The molecule has 7 nitrogen and oxygen atoms in total. The Balaban J connectivity index is 2.16. The van der Waals surface area contributed by atoms with Crippen LogP contribution in [-0.2, 0) is 6.18 Å². The van der Waals surface area contributed by atoms with E-state index in [9.17, 15) is 18.0 Å². The lowest BCUT2D eigenvalue weighted by Crippen LogP contribution is -2.12. The number of alkyl halides is 3. The van der Waals surface area contributed by atoms with Gasteiger partial charge in [-0.25, -0.2) is 15.0 Å². The Hall–Kier alpha value is -3.30. The fourth-order valence-electron chi connectivity index (χ4n) is 1.90. The van der Waals surface area contributed by atoms with Gasteiger partial charge in [-0.1, -0.05) is 6.07 Å². The van der Waals surface area contributed by atoms with Crippen LogP contribution in [0.25, 0.3) is 17.3 Å². The summed E-state index contributed by atoms with van der Waals surface area (Å²) in [5.41, 5.74) is 4.04. The van der Waals surface area contributed by atoms with Gasteiger partial charge in [-0.3, -0.25) is 14.3 Å². The second-order valence-electron chi connectivity index (χ2n) is 4.68. The summed E-state index contributed by atoms with van der Waals surface area (Å²) in [6, 6.07) is 5.46. The van der Waals surface area contributed by atoms with Gasteiger partial charge in [-0.05, 0) is 12.1 Å². The smallest absolute Gasteiger partial charge is 0.364 e. The third kappa shape index (κ3) is 3.07.